The molecule has 4 heteroatoms. The second kappa shape index (κ2) is 5.83. The summed E-state index contributed by atoms with van der Waals surface area (Å²) in [6.07, 6.45) is 0.128. The van der Waals surface area contributed by atoms with Crippen LogP contribution in [0.5, 0.6) is 0 Å². The van der Waals surface area contributed by atoms with E-state index in [0.717, 1.165) is 0 Å². The smallest absolute Gasteiger partial charge is 0.171 e. The lowest BCUT2D eigenvalue weighted by Gasteiger charge is -2.04. The van der Waals surface area contributed by atoms with Crippen molar-refractivity contribution in [3.63, 3.8) is 0 Å². The molecule has 0 aromatic heterocycles. The van der Waals surface area contributed by atoms with Crippen LogP contribution in [-0.4, -0.2) is 17.4 Å². The Labute approximate surface area is 99.2 Å². The first-order valence-corrected chi connectivity index (χ1v) is 5.36. The Morgan fingerprint density at radius 1 is 1.53 bits per heavy atom. The number of halogens is 1. The van der Waals surface area contributed by atoms with Crippen LogP contribution < -0.4 is 0 Å². The van der Waals surface area contributed by atoms with Crippen molar-refractivity contribution in [1.82, 2.24) is 0 Å². The van der Waals surface area contributed by atoms with E-state index in [0.29, 0.717) is 22.2 Å². The van der Waals surface area contributed by atoms with E-state index in [1.54, 1.807) is 24.3 Å². The van der Waals surface area contributed by atoms with Gasteiger partial charge in [-0.15, -0.1) is 0 Å². The highest BCUT2D eigenvalue weighted by Gasteiger charge is 2.09. The Kier molecular flexibility index (Phi) is 4.72. The molecule has 0 aliphatic carbocycles. The third kappa shape index (κ3) is 3.98. The fraction of sp³-hybridized carbons (Fsp3) is 0.273. The second-order valence-corrected chi connectivity index (χ2v) is 3.81. The number of Topliss-reactive ketones (excluding diaryl/α,β-unsaturated/α-hetero) is 1. The number of ketones is 1. The van der Waals surface area contributed by atoms with Gasteiger partial charge in [0.2, 0.25) is 0 Å². The molecule has 0 heterocycles. The number of thiocarbonyl (C=S) groups is 1. The van der Waals surface area contributed by atoms with E-state index in [2.05, 4.69) is 0 Å². The normalized spacial score (nSPS) is 9.73. The molecular weight excluding hydrogens is 232 g/mol. The van der Waals surface area contributed by atoms with Crippen LogP contribution in [0.4, 0.5) is 0 Å². The first-order valence-electron chi connectivity index (χ1n) is 4.58. The van der Waals surface area contributed by atoms with Gasteiger partial charge in [-0.3, -0.25) is 4.79 Å². The average molecular weight is 243 g/mol. The first kappa shape index (κ1) is 12.1. The Bertz CT molecular complexity index is 377. The SMILES string of the molecule is CCOC(=S)CC(=O)c1cccc(Cl)c1. The van der Waals surface area contributed by atoms with Gasteiger partial charge in [0.05, 0.1) is 13.0 Å². The molecule has 0 unspecified atom stereocenters. The van der Waals surface area contributed by atoms with E-state index in [4.69, 9.17) is 28.6 Å². The van der Waals surface area contributed by atoms with Crippen LogP contribution in [-0.2, 0) is 4.74 Å². The zero-order valence-corrected chi connectivity index (χ0v) is 9.90. The van der Waals surface area contributed by atoms with Crippen molar-refractivity contribution in [1.29, 1.82) is 0 Å². The van der Waals surface area contributed by atoms with Gasteiger partial charge < -0.3 is 4.74 Å². The van der Waals surface area contributed by atoms with Crippen LogP contribution in [0.15, 0.2) is 24.3 Å². The second-order valence-electron chi connectivity index (χ2n) is 2.92. The van der Waals surface area contributed by atoms with Crippen molar-refractivity contribution in [2.75, 3.05) is 6.61 Å². The third-order valence-electron chi connectivity index (χ3n) is 1.76. The van der Waals surface area contributed by atoms with E-state index >= 15 is 0 Å². The molecule has 1 aromatic rings. The van der Waals surface area contributed by atoms with Crippen molar-refractivity contribution in [2.24, 2.45) is 0 Å². The average Bonchev–Trinajstić information content (AvgIpc) is 2.18. The van der Waals surface area contributed by atoms with Gasteiger partial charge in [-0.2, -0.15) is 0 Å². The lowest BCUT2D eigenvalue weighted by molar-refractivity contribution is 0.0994. The van der Waals surface area contributed by atoms with Crippen LogP contribution in [0.25, 0.3) is 0 Å². The largest absolute Gasteiger partial charge is 0.487 e. The van der Waals surface area contributed by atoms with Crippen molar-refractivity contribution in [2.45, 2.75) is 13.3 Å². The number of hydrogen-bond donors (Lipinski definition) is 0. The maximum atomic E-state index is 11.7. The molecule has 0 atom stereocenters. The number of benzene rings is 1. The summed E-state index contributed by atoms with van der Waals surface area (Å²) in [4.78, 5) is 11.7. The molecule has 0 fully saturated rings. The quantitative estimate of drug-likeness (QED) is 0.599. The van der Waals surface area contributed by atoms with Gasteiger partial charge in [0.1, 0.15) is 0 Å². The highest BCUT2D eigenvalue weighted by molar-refractivity contribution is 7.80. The number of rotatable bonds is 4. The molecule has 0 saturated carbocycles. The van der Waals surface area contributed by atoms with Crippen LogP contribution in [0.2, 0.25) is 5.02 Å². The molecule has 1 rings (SSSR count). The zero-order valence-electron chi connectivity index (χ0n) is 8.33. The minimum Gasteiger partial charge on any atom is -0.487 e. The Morgan fingerprint density at radius 3 is 2.87 bits per heavy atom. The molecule has 80 valence electrons. The summed E-state index contributed by atoms with van der Waals surface area (Å²) < 4.78 is 5.04. The molecule has 15 heavy (non-hydrogen) atoms. The predicted molar refractivity (Wildman–Crippen MR) is 64.6 cm³/mol. The van der Waals surface area contributed by atoms with Gasteiger partial charge in [-0.05, 0) is 31.3 Å². The fourth-order valence-electron chi connectivity index (χ4n) is 1.11. The molecule has 0 spiro atoms. The third-order valence-corrected chi connectivity index (χ3v) is 2.25. The lowest BCUT2D eigenvalue weighted by atomic mass is 10.1. The van der Waals surface area contributed by atoms with Crippen LogP contribution >= 0.6 is 23.8 Å². The van der Waals surface area contributed by atoms with Gasteiger partial charge in [0, 0.05) is 10.6 Å². The molecule has 0 radical (unpaired) electrons. The Balaban J connectivity index is 2.65. The Morgan fingerprint density at radius 2 is 2.27 bits per heavy atom. The lowest BCUT2D eigenvalue weighted by Crippen LogP contribution is -2.09. The molecule has 0 amide bonds. The number of carbonyl (C=O) groups excluding carboxylic acids is 1. The van der Waals surface area contributed by atoms with E-state index in [-0.39, 0.29) is 12.2 Å². The molecule has 0 saturated heterocycles. The van der Waals surface area contributed by atoms with E-state index in [9.17, 15) is 4.79 Å². The molecular formula is C11H11ClO2S. The van der Waals surface area contributed by atoms with Crippen LogP contribution in [0, 0.1) is 0 Å². The number of carbonyl (C=O) groups is 1. The molecule has 0 aliphatic rings. The van der Waals surface area contributed by atoms with Gasteiger partial charge in [0.15, 0.2) is 10.8 Å². The summed E-state index contributed by atoms with van der Waals surface area (Å²) in [5.41, 5.74) is 0.560. The number of ether oxygens (including phenoxy) is 1. The Hall–Kier alpha value is -0.930. The summed E-state index contributed by atoms with van der Waals surface area (Å²) in [7, 11) is 0. The predicted octanol–water partition coefficient (Wildman–Crippen LogP) is 3.28. The highest BCUT2D eigenvalue weighted by Crippen LogP contribution is 2.12. The minimum absolute atomic E-state index is 0.0732. The molecule has 0 aliphatic heterocycles. The summed E-state index contributed by atoms with van der Waals surface area (Å²) in [6.45, 7) is 2.32. The van der Waals surface area contributed by atoms with Crippen LogP contribution in [0.3, 0.4) is 0 Å². The molecule has 1 aromatic carbocycles. The highest BCUT2D eigenvalue weighted by atomic mass is 35.5. The zero-order chi connectivity index (χ0) is 11.3. The van der Waals surface area contributed by atoms with Gasteiger partial charge >= 0.3 is 0 Å². The topological polar surface area (TPSA) is 26.3 Å². The number of hydrogen-bond acceptors (Lipinski definition) is 3. The maximum Gasteiger partial charge on any atom is 0.171 e. The van der Waals surface area contributed by atoms with Crippen molar-refractivity contribution in [3.8, 4) is 0 Å². The summed E-state index contributed by atoms with van der Waals surface area (Å²) >= 11 is 10.7. The van der Waals surface area contributed by atoms with Crippen molar-refractivity contribution >= 4 is 34.7 Å². The maximum absolute atomic E-state index is 11.7. The van der Waals surface area contributed by atoms with Gasteiger partial charge in [-0.25, -0.2) is 0 Å². The van der Waals surface area contributed by atoms with E-state index in [1.165, 1.54) is 0 Å². The van der Waals surface area contributed by atoms with Gasteiger partial charge in [0.25, 0.3) is 0 Å². The minimum atomic E-state index is -0.0732. The summed E-state index contributed by atoms with van der Waals surface area (Å²) in [5.74, 6) is -0.0732. The first-order chi connectivity index (χ1) is 7.13. The molecule has 2 nitrogen and oxygen atoms in total. The van der Waals surface area contributed by atoms with E-state index in [1.807, 2.05) is 6.92 Å². The fourth-order valence-corrected chi connectivity index (χ4v) is 1.55. The molecule has 0 bridgehead atoms. The summed E-state index contributed by atoms with van der Waals surface area (Å²) in [5, 5.41) is 0.866. The van der Waals surface area contributed by atoms with Crippen LogP contribution in [0.1, 0.15) is 23.7 Å². The van der Waals surface area contributed by atoms with Crippen molar-refractivity contribution in [3.05, 3.63) is 34.9 Å². The standard InChI is InChI=1S/C11H11ClO2S/c1-2-14-11(15)7-10(13)8-4-3-5-9(12)6-8/h3-6H,2,7H2,1H3. The monoisotopic (exact) mass is 242 g/mol. The van der Waals surface area contributed by atoms with Gasteiger partial charge in [-0.1, -0.05) is 23.7 Å². The van der Waals surface area contributed by atoms with E-state index < -0.39 is 0 Å². The summed E-state index contributed by atoms with van der Waals surface area (Å²) in [6, 6.07) is 6.79. The molecule has 0 N–H and O–H groups in total. The van der Waals surface area contributed by atoms with Crippen molar-refractivity contribution < 1.29 is 9.53 Å².